The highest BCUT2D eigenvalue weighted by atomic mass is 32.2. The first-order valence-corrected chi connectivity index (χ1v) is 2.80. The van der Waals surface area contributed by atoms with Gasteiger partial charge in [-0.25, -0.2) is 0 Å². The highest BCUT2D eigenvalue weighted by molar-refractivity contribution is 8.04. The van der Waals surface area contributed by atoms with Crippen molar-refractivity contribution in [3.8, 4) is 0 Å². The van der Waals surface area contributed by atoms with E-state index in [2.05, 4.69) is 11.3 Å². The van der Waals surface area contributed by atoms with Crippen LogP contribution in [0, 0.1) is 0 Å². The van der Waals surface area contributed by atoms with Gasteiger partial charge in [0, 0.05) is 5.41 Å². The molecule has 1 nitrogen and oxygen atoms in total. The predicted molar refractivity (Wildman–Crippen MR) is 33.9 cm³/mol. The average molecular weight is 116 g/mol. The molecule has 0 N–H and O–H groups in total. The monoisotopic (exact) mass is 116 g/mol. The van der Waals surface area contributed by atoms with Gasteiger partial charge in [-0.05, 0) is 5.41 Å². The van der Waals surface area contributed by atoms with E-state index in [1.807, 2.05) is 5.41 Å². The topological polar surface area (TPSA) is 9.23 Å². The Balaban J connectivity index is 2.92. The summed E-state index contributed by atoms with van der Waals surface area (Å²) in [5.41, 5.74) is 0. The summed E-state index contributed by atoms with van der Waals surface area (Å²) in [6, 6.07) is 0. The second-order valence-electron chi connectivity index (χ2n) is 0.811. The van der Waals surface area contributed by atoms with Crippen LogP contribution in [0.15, 0.2) is 23.7 Å². The minimum absolute atomic E-state index is 1.49. The maximum absolute atomic E-state index is 4.59. The fourth-order valence-corrected chi connectivity index (χ4v) is 0.430. The molecule has 0 radical (unpaired) electrons. The zero-order valence-electron chi connectivity index (χ0n) is 4.26. The molecule has 0 aliphatic rings. The summed E-state index contributed by atoms with van der Waals surface area (Å²) in [6.45, 7) is 3.49. The van der Waals surface area contributed by atoms with Crippen LogP contribution in [0.25, 0.3) is 0 Å². The van der Waals surface area contributed by atoms with E-state index >= 15 is 0 Å². The van der Waals surface area contributed by atoms with Crippen molar-refractivity contribution in [2.24, 2.45) is 0 Å². The van der Waals surface area contributed by atoms with Gasteiger partial charge < -0.3 is 4.74 Å². The molecule has 0 aliphatic carbocycles. The molecule has 0 aliphatic heterocycles. The van der Waals surface area contributed by atoms with E-state index < -0.39 is 0 Å². The highest BCUT2D eigenvalue weighted by Gasteiger charge is 1.62. The quantitative estimate of drug-likeness (QED) is 0.521. The van der Waals surface area contributed by atoms with Crippen molar-refractivity contribution in [2.45, 2.75) is 0 Å². The van der Waals surface area contributed by atoms with E-state index in [0.717, 1.165) is 0 Å². The predicted octanol–water partition coefficient (Wildman–Crippen LogP) is 1.98. The van der Waals surface area contributed by atoms with Crippen molar-refractivity contribution in [3.63, 3.8) is 0 Å². The second kappa shape index (κ2) is 5.63. The average Bonchev–Trinajstić information content (AvgIpc) is 1.69. The Morgan fingerprint density at radius 3 is 2.86 bits per heavy atom. The SMILES string of the molecule is C=CS/C=C\OC. The van der Waals surface area contributed by atoms with E-state index in [9.17, 15) is 0 Å². The third-order valence-electron chi connectivity index (χ3n) is 0.366. The molecule has 0 amide bonds. The van der Waals surface area contributed by atoms with Crippen molar-refractivity contribution >= 4 is 11.8 Å². The van der Waals surface area contributed by atoms with Crippen LogP contribution >= 0.6 is 11.8 Å². The summed E-state index contributed by atoms with van der Waals surface area (Å²) in [7, 11) is 1.61. The van der Waals surface area contributed by atoms with Crippen LogP contribution in [0.2, 0.25) is 0 Å². The van der Waals surface area contributed by atoms with Crippen molar-refractivity contribution < 1.29 is 4.74 Å². The minimum atomic E-state index is 1.49. The fraction of sp³-hybridized carbons (Fsp3) is 0.200. The standard InChI is InChI=1S/C5H8OS/c1-3-7-5-4-6-2/h3-5H,1H2,2H3/b5-4-. The zero-order valence-corrected chi connectivity index (χ0v) is 5.07. The molecule has 0 fully saturated rings. The molecule has 0 bridgehead atoms. The van der Waals surface area contributed by atoms with Crippen molar-refractivity contribution in [2.75, 3.05) is 7.11 Å². The molecule has 0 rings (SSSR count). The van der Waals surface area contributed by atoms with Gasteiger partial charge in [0.2, 0.25) is 0 Å². The van der Waals surface area contributed by atoms with E-state index in [1.54, 1.807) is 18.8 Å². The van der Waals surface area contributed by atoms with Crippen LogP contribution in [0.4, 0.5) is 0 Å². The number of methoxy groups -OCH3 is 1. The van der Waals surface area contributed by atoms with E-state index in [-0.39, 0.29) is 0 Å². The van der Waals surface area contributed by atoms with Gasteiger partial charge in [0.15, 0.2) is 0 Å². The lowest BCUT2D eigenvalue weighted by molar-refractivity contribution is 0.339. The van der Waals surface area contributed by atoms with Crippen LogP contribution in [0.3, 0.4) is 0 Å². The van der Waals surface area contributed by atoms with Crippen molar-refractivity contribution in [1.29, 1.82) is 0 Å². The number of hydrogen-bond acceptors (Lipinski definition) is 2. The summed E-state index contributed by atoms with van der Waals surface area (Å²) in [5, 5.41) is 3.54. The van der Waals surface area contributed by atoms with Crippen LogP contribution in [0.5, 0.6) is 0 Å². The molecule has 0 aromatic heterocycles. The van der Waals surface area contributed by atoms with Crippen LogP contribution in [-0.2, 0) is 4.74 Å². The summed E-state index contributed by atoms with van der Waals surface area (Å²) < 4.78 is 4.59. The van der Waals surface area contributed by atoms with Gasteiger partial charge >= 0.3 is 0 Å². The smallest absolute Gasteiger partial charge is 0.0890 e. The lowest BCUT2D eigenvalue weighted by atomic mass is 11.1. The zero-order chi connectivity index (χ0) is 5.54. The number of thioether (sulfide) groups is 1. The molecule has 0 heterocycles. The van der Waals surface area contributed by atoms with Gasteiger partial charge in [0.05, 0.1) is 13.4 Å². The normalized spacial score (nSPS) is 9.29. The van der Waals surface area contributed by atoms with Gasteiger partial charge in [-0.3, -0.25) is 0 Å². The summed E-state index contributed by atoms with van der Waals surface area (Å²) in [4.78, 5) is 0. The molecule has 7 heavy (non-hydrogen) atoms. The van der Waals surface area contributed by atoms with Crippen molar-refractivity contribution in [3.05, 3.63) is 23.7 Å². The van der Waals surface area contributed by atoms with Crippen LogP contribution in [0.1, 0.15) is 0 Å². The van der Waals surface area contributed by atoms with Gasteiger partial charge in [-0.15, -0.1) is 11.8 Å². The maximum atomic E-state index is 4.59. The summed E-state index contributed by atoms with van der Waals surface area (Å²) in [5.74, 6) is 0. The molecule has 0 atom stereocenters. The first kappa shape index (κ1) is 6.63. The third kappa shape index (κ3) is 5.63. The number of rotatable bonds is 3. The Morgan fingerprint density at radius 2 is 2.43 bits per heavy atom. The van der Waals surface area contributed by atoms with Crippen LogP contribution < -0.4 is 0 Å². The van der Waals surface area contributed by atoms with E-state index in [1.165, 1.54) is 11.8 Å². The molecule has 2 heteroatoms. The van der Waals surface area contributed by atoms with E-state index in [0.29, 0.717) is 0 Å². The Morgan fingerprint density at radius 1 is 1.71 bits per heavy atom. The Labute approximate surface area is 48.1 Å². The third-order valence-corrected chi connectivity index (χ3v) is 0.827. The van der Waals surface area contributed by atoms with Crippen molar-refractivity contribution in [1.82, 2.24) is 0 Å². The lowest BCUT2D eigenvalue weighted by Crippen LogP contribution is -1.58. The van der Waals surface area contributed by atoms with Gasteiger partial charge in [-0.2, -0.15) is 0 Å². The second-order valence-corrected chi connectivity index (χ2v) is 1.69. The molecular weight excluding hydrogens is 108 g/mol. The fourth-order valence-electron chi connectivity index (χ4n) is 0.143. The number of hydrogen-bond donors (Lipinski definition) is 0. The summed E-state index contributed by atoms with van der Waals surface area (Å²) >= 11 is 1.49. The first-order valence-electron chi connectivity index (χ1n) is 1.86. The van der Waals surface area contributed by atoms with Gasteiger partial charge in [0.1, 0.15) is 0 Å². The minimum Gasteiger partial charge on any atom is -0.504 e. The molecule has 0 aromatic rings. The molecule has 0 saturated heterocycles. The van der Waals surface area contributed by atoms with Crippen LogP contribution in [-0.4, -0.2) is 7.11 Å². The van der Waals surface area contributed by atoms with Gasteiger partial charge in [0.25, 0.3) is 0 Å². The van der Waals surface area contributed by atoms with Gasteiger partial charge in [-0.1, -0.05) is 6.58 Å². The first-order chi connectivity index (χ1) is 3.41. The molecule has 0 unspecified atom stereocenters. The Bertz CT molecular complexity index is 68.5. The Kier molecular flexibility index (Phi) is 5.33. The number of ether oxygens (including phenoxy) is 1. The largest absolute Gasteiger partial charge is 0.504 e. The Hall–Kier alpha value is -0.370. The lowest BCUT2D eigenvalue weighted by Gasteiger charge is -1.80. The molecule has 0 aromatic carbocycles. The molecule has 0 saturated carbocycles. The maximum Gasteiger partial charge on any atom is 0.0890 e. The highest BCUT2D eigenvalue weighted by Crippen LogP contribution is 1.99. The molecule has 0 spiro atoms. The summed E-state index contributed by atoms with van der Waals surface area (Å²) in [6.07, 6.45) is 1.60. The van der Waals surface area contributed by atoms with E-state index in [4.69, 9.17) is 0 Å². The molecular formula is C5H8OS. The molecule has 40 valence electrons.